The Labute approximate surface area is 146 Å². The molecular weight excluding hydrogens is 318 g/mol. The van der Waals surface area contributed by atoms with Crippen LogP contribution in [0.25, 0.3) is 6.08 Å². The Morgan fingerprint density at radius 2 is 2.08 bits per heavy atom. The first-order valence-corrected chi connectivity index (χ1v) is 8.17. The predicted octanol–water partition coefficient (Wildman–Crippen LogP) is 3.94. The number of hydrogen-bond donors (Lipinski definition) is 0. The van der Waals surface area contributed by atoms with Gasteiger partial charge in [-0.3, -0.25) is 9.69 Å². The molecule has 0 spiro atoms. The Morgan fingerprint density at radius 3 is 2.84 bits per heavy atom. The van der Waals surface area contributed by atoms with Gasteiger partial charge >= 0.3 is 6.09 Å². The van der Waals surface area contributed by atoms with Crippen molar-refractivity contribution in [1.29, 1.82) is 0 Å². The smallest absolute Gasteiger partial charge is 0.414 e. The first-order chi connectivity index (χ1) is 12.2. The monoisotopic (exact) mass is 337 g/mol. The van der Waals surface area contributed by atoms with Crippen molar-refractivity contribution in [2.75, 3.05) is 24.7 Å². The first-order valence-electron chi connectivity index (χ1n) is 8.17. The number of benzene rings is 2. The molecule has 0 bridgehead atoms. The topological polar surface area (TPSA) is 55.8 Å². The molecule has 1 aliphatic rings. The normalized spacial score (nSPS) is 14.0. The van der Waals surface area contributed by atoms with E-state index in [1.807, 2.05) is 31.2 Å². The molecule has 0 saturated carbocycles. The van der Waals surface area contributed by atoms with E-state index >= 15 is 0 Å². The van der Waals surface area contributed by atoms with Gasteiger partial charge in [0.2, 0.25) is 0 Å². The van der Waals surface area contributed by atoms with Gasteiger partial charge in [-0.1, -0.05) is 30.3 Å². The van der Waals surface area contributed by atoms with Crippen molar-refractivity contribution in [3.63, 3.8) is 0 Å². The Hall–Kier alpha value is -3.08. The SMILES string of the molecule is CCOc1cccc(C=CC(=O)c2cccc(N3CCOC3=O)c2)c1. The molecule has 5 nitrogen and oxygen atoms in total. The largest absolute Gasteiger partial charge is 0.494 e. The van der Waals surface area contributed by atoms with Crippen molar-refractivity contribution in [2.24, 2.45) is 0 Å². The molecule has 1 heterocycles. The number of rotatable bonds is 6. The molecule has 0 aliphatic carbocycles. The number of hydrogen-bond acceptors (Lipinski definition) is 4. The van der Waals surface area contributed by atoms with Crippen LogP contribution in [0.15, 0.2) is 54.6 Å². The van der Waals surface area contributed by atoms with E-state index in [0.717, 1.165) is 11.3 Å². The molecule has 1 fully saturated rings. The predicted molar refractivity (Wildman–Crippen MR) is 96.1 cm³/mol. The maximum absolute atomic E-state index is 12.4. The molecule has 1 saturated heterocycles. The average Bonchev–Trinajstić information content (AvgIpc) is 3.06. The van der Waals surface area contributed by atoms with Crippen LogP contribution in [0.3, 0.4) is 0 Å². The summed E-state index contributed by atoms with van der Waals surface area (Å²) in [5.41, 5.74) is 2.08. The van der Waals surface area contributed by atoms with Crippen LogP contribution in [0.5, 0.6) is 5.75 Å². The summed E-state index contributed by atoms with van der Waals surface area (Å²) in [5.74, 6) is 0.642. The van der Waals surface area contributed by atoms with Crippen LogP contribution in [0, 0.1) is 0 Å². The minimum atomic E-state index is -0.382. The van der Waals surface area contributed by atoms with Crippen molar-refractivity contribution in [1.82, 2.24) is 0 Å². The van der Waals surface area contributed by atoms with Crippen molar-refractivity contribution < 1.29 is 19.1 Å². The lowest BCUT2D eigenvalue weighted by molar-refractivity contribution is 0.104. The molecule has 0 atom stereocenters. The van der Waals surface area contributed by atoms with Gasteiger partial charge in [-0.05, 0) is 42.8 Å². The van der Waals surface area contributed by atoms with Gasteiger partial charge in [0.25, 0.3) is 0 Å². The second kappa shape index (κ2) is 7.66. The second-order valence-corrected chi connectivity index (χ2v) is 5.52. The summed E-state index contributed by atoms with van der Waals surface area (Å²) in [4.78, 5) is 25.6. The number of nitrogens with zero attached hydrogens (tertiary/aromatic N) is 1. The minimum absolute atomic E-state index is 0.128. The molecule has 0 unspecified atom stereocenters. The van der Waals surface area contributed by atoms with Crippen LogP contribution in [0.2, 0.25) is 0 Å². The summed E-state index contributed by atoms with van der Waals surface area (Å²) in [5, 5.41) is 0. The third-order valence-corrected chi connectivity index (χ3v) is 3.80. The lowest BCUT2D eigenvalue weighted by Crippen LogP contribution is -2.23. The fourth-order valence-electron chi connectivity index (χ4n) is 2.60. The van der Waals surface area contributed by atoms with Crippen LogP contribution in [0.4, 0.5) is 10.5 Å². The fraction of sp³-hybridized carbons (Fsp3) is 0.200. The summed E-state index contributed by atoms with van der Waals surface area (Å²) >= 11 is 0. The number of allylic oxidation sites excluding steroid dienone is 1. The molecule has 0 N–H and O–H groups in total. The molecule has 2 aromatic carbocycles. The number of ketones is 1. The third-order valence-electron chi connectivity index (χ3n) is 3.80. The van der Waals surface area contributed by atoms with E-state index in [1.54, 1.807) is 30.3 Å². The van der Waals surface area contributed by atoms with E-state index in [-0.39, 0.29) is 11.9 Å². The highest BCUT2D eigenvalue weighted by Crippen LogP contribution is 2.21. The average molecular weight is 337 g/mol. The number of carbonyl (C=O) groups is 2. The highest BCUT2D eigenvalue weighted by Gasteiger charge is 2.23. The van der Waals surface area contributed by atoms with Crippen LogP contribution in [0.1, 0.15) is 22.8 Å². The van der Waals surface area contributed by atoms with Gasteiger partial charge in [-0.15, -0.1) is 0 Å². The zero-order valence-corrected chi connectivity index (χ0v) is 14.0. The number of amides is 1. The van der Waals surface area contributed by atoms with Crippen molar-refractivity contribution in [3.05, 3.63) is 65.7 Å². The zero-order chi connectivity index (χ0) is 17.6. The van der Waals surface area contributed by atoms with E-state index in [2.05, 4.69) is 0 Å². The van der Waals surface area contributed by atoms with Crippen LogP contribution in [-0.2, 0) is 4.74 Å². The molecule has 1 aliphatic heterocycles. The zero-order valence-electron chi connectivity index (χ0n) is 14.0. The van der Waals surface area contributed by atoms with E-state index < -0.39 is 0 Å². The maximum Gasteiger partial charge on any atom is 0.414 e. The Balaban J connectivity index is 1.75. The maximum atomic E-state index is 12.4. The molecule has 128 valence electrons. The van der Waals surface area contributed by atoms with Crippen molar-refractivity contribution in [2.45, 2.75) is 6.92 Å². The number of anilines is 1. The van der Waals surface area contributed by atoms with Crippen LogP contribution < -0.4 is 9.64 Å². The van der Waals surface area contributed by atoms with E-state index in [9.17, 15) is 9.59 Å². The quantitative estimate of drug-likeness (QED) is 0.592. The van der Waals surface area contributed by atoms with Gasteiger partial charge in [0.15, 0.2) is 5.78 Å². The van der Waals surface area contributed by atoms with Crippen LogP contribution >= 0.6 is 0 Å². The molecule has 3 rings (SSSR count). The lowest BCUT2D eigenvalue weighted by Gasteiger charge is -2.13. The van der Waals surface area contributed by atoms with E-state index in [0.29, 0.717) is 31.0 Å². The van der Waals surface area contributed by atoms with Gasteiger partial charge in [0, 0.05) is 11.3 Å². The van der Waals surface area contributed by atoms with Gasteiger partial charge in [-0.2, -0.15) is 0 Å². The Morgan fingerprint density at radius 1 is 1.24 bits per heavy atom. The third kappa shape index (κ3) is 4.07. The van der Waals surface area contributed by atoms with Gasteiger partial charge in [0.1, 0.15) is 12.4 Å². The molecule has 1 amide bonds. The molecule has 5 heteroatoms. The highest BCUT2D eigenvalue weighted by atomic mass is 16.6. The standard InChI is InChI=1S/C20H19NO4/c1-2-24-18-8-3-5-15(13-18)9-10-19(22)16-6-4-7-17(14-16)21-11-12-25-20(21)23/h3-10,13-14H,2,11-12H2,1H3. The minimum Gasteiger partial charge on any atom is -0.494 e. The summed E-state index contributed by atoms with van der Waals surface area (Å²) in [6, 6.07) is 14.5. The molecule has 0 aromatic heterocycles. The summed E-state index contributed by atoms with van der Waals surface area (Å²) < 4.78 is 10.4. The van der Waals surface area contributed by atoms with Gasteiger partial charge < -0.3 is 9.47 Å². The first kappa shape index (κ1) is 16.8. The lowest BCUT2D eigenvalue weighted by atomic mass is 10.1. The summed E-state index contributed by atoms with van der Waals surface area (Å²) in [6.07, 6.45) is 2.89. The molecule has 25 heavy (non-hydrogen) atoms. The molecule has 2 aromatic rings. The molecule has 0 radical (unpaired) electrons. The van der Waals surface area contributed by atoms with Gasteiger partial charge in [0.05, 0.1) is 13.2 Å². The second-order valence-electron chi connectivity index (χ2n) is 5.52. The summed E-state index contributed by atoms with van der Waals surface area (Å²) in [7, 11) is 0. The van der Waals surface area contributed by atoms with Crippen LogP contribution in [-0.4, -0.2) is 31.6 Å². The van der Waals surface area contributed by atoms with Crippen molar-refractivity contribution >= 4 is 23.6 Å². The van der Waals surface area contributed by atoms with E-state index in [4.69, 9.17) is 9.47 Å². The van der Waals surface area contributed by atoms with E-state index in [1.165, 1.54) is 11.0 Å². The number of ether oxygens (including phenoxy) is 2. The fourth-order valence-corrected chi connectivity index (χ4v) is 2.60. The number of cyclic esters (lactones) is 1. The van der Waals surface area contributed by atoms with Gasteiger partial charge in [-0.25, -0.2) is 4.79 Å². The Kier molecular flexibility index (Phi) is 5.14. The number of carbonyl (C=O) groups excluding carboxylic acids is 2. The highest BCUT2D eigenvalue weighted by molar-refractivity contribution is 6.07. The van der Waals surface area contributed by atoms with Crippen molar-refractivity contribution in [3.8, 4) is 5.75 Å². The summed E-state index contributed by atoms with van der Waals surface area (Å²) in [6.45, 7) is 3.39. The molecular formula is C20H19NO4. The Bertz CT molecular complexity index is 813.